The van der Waals surface area contributed by atoms with Gasteiger partial charge in [0.25, 0.3) is 5.91 Å². The van der Waals surface area contributed by atoms with Gasteiger partial charge in [-0.05, 0) is 48.5 Å². The predicted molar refractivity (Wildman–Crippen MR) is 114 cm³/mol. The molecule has 0 fully saturated rings. The zero-order valence-corrected chi connectivity index (χ0v) is 18.2. The summed E-state index contributed by atoms with van der Waals surface area (Å²) in [5.41, 5.74) is 0.528. The summed E-state index contributed by atoms with van der Waals surface area (Å²) >= 11 is 3.35. The Hall–Kier alpha value is -3.66. The van der Waals surface area contributed by atoms with E-state index in [0.29, 0.717) is 5.75 Å². The van der Waals surface area contributed by atoms with Crippen molar-refractivity contribution in [3.05, 3.63) is 76.0 Å². The van der Waals surface area contributed by atoms with Gasteiger partial charge in [0.1, 0.15) is 5.75 Å². The number of halogens is 1. The Morgan fingerprint density at radius 3 is 2.16 bits per heavy atom. The van der Waals surface area contributed by atoms with Gasteiger partial charge in [-0.1, -0.05) is 15.9 Å². The zero-order chi connectivity index (χ0) is 22.4. The molecule has 1 heterocycles. The van der Waals surface area contributed by atoms with Crippen molar-refractivity contribution in [2.24, 2.45) is 0 Å². The Bertz CT molecular complexity index is 1080. The third-order valence-corrected chi connectivity index (χ3v) is 4.61. The highest BCUT2D eigenvalue weighted by Gasteiger charge is 2.16. The number of esters is 2. The molecule has 1 aromatic heterocycles. The molecule has 0 saturated heterocycles. The molecular weight excluding hydrogens is 470 g/mol. The molecular formula is C21H18BrN3O6. The number of ether oxygens (including phenoxy) is 3. The van der Waals surface area contributed by atoms with Crippen molar-refractivity contribution < 1.29 is 28.6 Å². The quantitative estimate of drug-likeness (QED) is 0.507. The number of hydrogen-bond donors (Lipinski definition) is 1. The summed E-state index contributed by atoms with van der Waals surface area (Å²) in [6.45, 7) is 0.110. The standard InChI is InChI=1S/C21H18BrN3O6/c1-29-20(27)13-9-14(21(28)30-2)11-16(10-13)23-19(26)18-7-8-25(24-18)12-31-17-5-3-15(22)4-6-17/h3-11H,12H2,1-2H3,(H,23,26). The number of anilines is 1. The number of amides is 1. The summed E-state index contributed by atoms with van der Waals surface area (Å²) in [7, 11) is 2.43. The average molecular weight is 488 g/mol. The summed E-state index contributed by atoms with van der Waals surface area (Å²) in [6, 6.07) is 12.9. The third kappa shape index (κ3) is 5.70. The van der Waals surface area contributed by atoms with Gasteiger partial charge in [-0.2, -0.15) is 5.10 Å². The van der Waals surface area contributed by atoms with Gasteiger partial charge in [-0.25, -0.2) is 14.3 Å². The normalized spacial score (nSPS) is 10.3. The molecule has 1 N–H and O–H groups in total. The number of nitrogens with one attached hydrogen (secondary N) is 1. The van der Waals surface area contributed by atoms with E-state index < -0.39 is 17.8 Å². The minimum absolute atomic E-state index is 0.0918. The maximum atomic E-state index is 12.6. The van der Waals surface area contributed by atoms with Gasteiger partial charge in [0.2, 0.25) is 0 Å². The molecule has 0 radical (unpaired) electrons. The van der Waals surface area contributed by atoms with Crippen LogP contribution in [-0.2, 0) is 16.2 Å². The van der Waals surface area contributed by atoms with Gasteiger partial charge in [0.05, 0.1) is 25.3 Å². The molecule has 0 saturated carbocycles. The monoisotopic (exact) mass is 487 g/mol. The highest BCUT2D eigenvalue weighted by atomic mass is 79.9. The highest BCUT2D eigenvalue weighted by Crippen LogP contribution is 2.18. The zero-order valence-electron chi connectivity index (χ0n) is 16.6. The van der Waals surface area contributed by atoms with Gasteiger partial charge < -0.3 is 19.5 Å². The number of hydrogen-bond acceptors (Lipinski definition) is 7. The maximum Gasteiger partial charge on any atom is 0.337 e. The number of nitrogens with zero attached hydrogens (tertiary/aromatic N) is 2. The summed E-state index contributed by atoms with van der Waals surface area (Å²) in [6.07, 6.45) is 1.60. The van der Waals surface area contributed by atoms with E-state index in [0.717, 1.165) is 4.47 Å². The lowest BCUT2D eigenvalue weighted by molar-refractivity contribution is 0.0599. The lowest BCUT2D eigenvalue weighted by Crippen LogP contribution is -2.16. The molecule has 0 unspecified atom stereocenters. The van der Waals surface area contributed by atoms with E-state index in [2.05, 4.69) is 35.8 Å². The molecule has 3 rings (SSSR count). The molecule has 3 aromatic rings. The lowest BCUT2D eigenvalue weighted by Gasteiger charge is -2.09. The number of aromatic nitrogens is 2. The fourth-order valence-corrected chi connectivity index (χ4v) is 2.86. The van der Waals surface area contributed by atoms with Crippen molar-refractivity contribution in [3.63, 3.8) is 0 Å². The van der Waals surface area contributed by atoms with Crippen LogP contribution in [0.2, 0.25) is 0 Å². The second kappa shape index (κ2) is 9.90. The van der Waals surface area contributed by atoms with E-state index in [1.165, 1.54) is 43.2 Å². The van der Waals surface area contributed by atoms with Gasteiger partial charge in [-0.3, -0.25) is 4.79 Å². The molecule has 9 nitrogen and oxygen atoms in total. The number of benzene rings is 2. The van der Waals surface area contributed by atoms with Crippen molar-refractivity contribution in [3.8, 4) is 5.75 Å². The SMILES string of the molecule is COC(=O)c1cc(NC(=O)c2ccn(COc3ccc(Br)cc3)n2)cc(C(=O)OC)c1. The molecule has 10 heteroatoms. The van der Waals surface area contributed by atoms with E-state index >= 15 is 0 Å². The van der Waals surface area contributed by atoms with Crippen molar-refractivity contribution in [1.82, 2.24) is 9.78 Å². The molecule has 0 atom stereocenters. The Kier molecular flexibility index (Phi) is 7.03. The fourth-order valence-electron chi connectivity index (χ4n) is 2.59. The van der Waals surface area contributed by atoms with Crippen LogP contribution in [0.3, 0.4) is 0 Å². The molecule has 2 aromatic carbocycles. The summed E-state index contributed by atoms with van der Waals surface area (Å²) in [4.78, 5) is 36.3. The molecule has 160 valence electrons. The van der Waals surface area contributed by atoms with Gasteiger partial charge in [0.15, 0.2) is 12.4 Å². The number of carbonyl (C=O) groups excluding carboxylic acids is 3. The average Bonchev–Trinajstić information content (AvgIpc) is 3.26. The summed E-state index contributed by atoms with van der Waals surface area (Å²) < 4.78 is 17.4. The second-order valence-corrected chi connectivity index (χ2v) is 7.12. The van der Waals surface area contributed by atoms with Crippen LogP contribution < -0.4 is 10.1 Å². The van der Waals surface area contributed by atoms with E-state index in [1.807, 2.05) is 12.1 Å². The molecule has 0 spiro atoms. The van der Waals surface area contributed by atoms with E-state index in [-0.39, 0.29) is 29.2 Å². The Morgan fingerprint density at radius 1 is 0.968 bits per heavy atom. The van der Waals surface area contributed by atoms with Crippen LogP contribution in [-0.4, -0.2) is 41.8 Å². The first kappa shape index (κ1) is 22.0. The van der Waals surface area contributed by atoms with Crippen LogP contribution in [0.15, 0.2) is 59.2 Å². The fraction of sp³-hybridized carbons (Fsp3) is 0.143. The Morgan fingerprint density at radius 2 is 1.58 bits per heavy atom. The first-order valence-electron chi connectivity index (χ1n) is 8.94. The molecule has 0 aliphatic rings. The minimum atomic E-state index is -0.657. The van der Waals surface area contributed by atoms with Crippen LogP contribution >= 0.6 is 15.9 Å². The van der Waals surface area contributed by atoms with Gasteiger partial charge >= 0.3 is 11.9 Å². The molecule has 0 aliphatic heterocycles. The van der Waals surface area contributed by atoms with Crippen molar-refractivity contribution in [1.29, 1.82) is 0 Å². The summed E-state index contributed by atoms with van der Waals surface area (Å²) in [5.74, 6) is -1.19. The number of rotatable bonds is 7. The smallest absolute Gasteiger partial charge is 0.337 e. The van der Waals surface area contributed by atoms with Crippen LogP contribution in [0, 0.1) is 0 Å². The van der Waals surface area contributed by atoms with E-state index in [1.54, 1.807) is 18.3 Å². The number of methoxy groups -OCH3 is 2. The van der Waals surface area contributed by atoms with Crippen LogP contribution in [0.25, 0.3) is 0 Å². The van der Waals surface area contributed by atoms with Crippen LogP contribution in [0.5, 0.6) is 5.75 Å². The Balaban J connectivity index is 1.71. The second-order valence-electron chi connectivity index (χ2n) is 6.20. The largest absolute Gasteiger partial charge is 0.471 e. The van der Waals surface area contributed by atoms with Crippen molar-refractivity contribution >= 4 is 39.5 Å². The lowest BCUT2D eigenvalue weighted by atomic mass is 10.1. The predicted octanol–water partition coefficient (Wildman–Crippen LogP) is 3.51. The third-order valence-electron chi connectivity index (χ3n) is 4.08. The number of carbonyl (C=O) groups is 3. The van der Waals surface area contributed by atoms with Crippen molar-refractivity contribution in [2.75, 3.05) is 19.5 Å². The maximum absolute atomic E-state index is 12.6. The minimum Gasteiger partial charge on any atom is -0.471 e. The van der Waals surface area contributed by atoms with Gasteiger partial charge in [0, 0.05) is 16.4 Å². The first-order valence-corrected chi connectivity index (χ1v) is 9.74. The molecule has 0 aliphatic carbocycles. The Labute approximate surface area is 186 Å². The summed E-state index contributed by atoms with van der Waals surface area (Å²) in [5, 5.41) is 6.79. The first-order chi connectivity index (χ1) is 14.9. The van der Waals surface area contributed by atoms with Crippen LogP contribution in [0.1, 0.15) is 31.2 Å². The van der Waals surface area contributed by atoms with Gasteiger partial charge in [-0.15, -0.1) is 0 Å². The molecule has 0 bridgehead atoms. The van der Waals surface area contributed by atoms with Crippen LogP contribution in [0.4, 0.5) is 5.69 Å². The molecule has 1 amide bonds. The molecule has 31 heavy (non-hydrogen) atoms. The van der Waals surface area contributed by atoms with E-state index in [9.17, 15) is 14.4 Å². The topological polar surface area (TPSA) is 109 Å². The van der Waals surface area contributed by atoms with Crippen molar-refractivity contribution in [2.45, 2.75) is 6.73 Å². The highest BCUT2D eigenvalue weighted by molar-refractivity contribution is 9.10. The van der Waals surface area contributed by atoms with E-state index in [4.69, 9.17) is 4.74 Å².